The second kappa shape index (κ2) is 7.19. The summed E-state index contributed by atoms with van der Waals surface area (Å²) in [4.78, 5) is 19.5. The fraction of sp³-hybridized carbons (Fsp3) is 0.0588. The largest absolute Gasteiger partial charge is 0.340 e. The molecule has 26 heavy (non-hydrogen) atoms. The smallest absolute Gasteiger partial charge is 0.291 e. The second-order valence-electron chi connectivity index (χ2n) is 5.56. The molecule has 1 heterocycles. The van der Waals surface area contributed by atoms with Crippen LogP contribution in [0.4, 0.5) is 11.4 Å². The van der Waals surface area contributed by atoms with Crippen LogP contribution < -0.4 is 10.0 Å². The summed E-state index contributed by atoms with van der Waals surface area (Å²) in [6, 6.07) is 13.8. The Morgan fingerprint density at radius 1 is 1.12 bits per heavy atom. The number of sulfonamides is 1. The number of carbonyl (C=O) groups excluding carboxylic acids is 1. The van der Waals surface area contributed by atoms with Gasteiger partial charge in [-0.1, -0.05) is 41.9 Å². The van der Waals surface area contributed by atoms with Gasteiger partial charge in [0.2, 0.25) is 10.0 Å². The van der Waals surface area contributed by atoms with Gasteiger partial charge in [0.1, 0.15) is 0 Å². The summed E-state index contributed by atoms with van der Waals surface area (Å²) >= 11 is 5.98. The van der Waals surface area contributed by atoms with Crippen LogP contribution in [-0.2, 0) is 10.0 Å². The minimum atomic E-state index is -3.46. The third-order valence-corrected chi connectivity index (χ3v) is 4.15. The monoisotopic (exact) mass is 390 g/mol. The van der Waals surface area contributed by atoms with E-state index in [-0.39, 0.29) is 16.5 Å². The number of aromatic amines is 1. The molecule has 0 fully saturated rings. The van der Waals surface area contributed by atoms with Crippen molar-refractivity contribution < 1.29 is 13.2 Å². The normalized spacial score (nSPS) is 11.2. The molecule has 0 aliphatic carbocycles. The molecule has 3 rings (SSSR count). The van der Waals surface area contributed by atoms with Gasteiger partial charge < -0.3 is 10.3 Å². The summed E-state index contributed by atoms with van der Waals surface area (Å²) in [6.07, 6.45) is 2.67. The molecule has 3 aromatic rings. The molecule has 0 radical (unpaired) electrons. The number of aromatic nitrogens is 2. The fourth-order valence-corrected chi connectivity index (χ4v) is 3.10. The first kappa shape index (κ1) is 18.0. The number of nitrogens with zero attached hydrogens (tertiary/aromatic N) is 1. The first-order chi connectivity index (χ1) is 12.3. The third-order valence-electron chi connectivity index (χ3n) is 3.32. The number of anilines is 2. The van der Waals surface area contributed by atoms with Gasteiger partial charge in [-0.05, 0) is 18.2 Å². The topological polar surface area (TPSA) is 104 Å². The molecule has 0 aliphatic heterocycles. The van der Waals surface area contributed by atoms with Gasteiger partial charge in [-0.25, -0.2) is 13.4 Å². The molecule has 134 valence electrons. The average Bonchev–Trinajstić information content (AvgIpc) is 3.03. The molecular weight excluding hydrogens is 376 g/mol. The van der Waals surface area contributed by atoms with Gasteiger partial charge in [-0.2, -0.15) is 0 Å². The first-order valence-electron chi connectivity index (χ1n) is 7.51. The highest BCUT2D eigenvalue weighted by molar-refractivity contribution is 7.92. The maximum absolute atomic E-state index is 12.4. The highest BCUT2D eigenvalue weighted by Gasteiger charge is 2.13. The van der Waals surface area contributed by atoms with Gasteiger partial charge in [0.25, 0.3) is 5.91 Å². The van der Waals surface area contributed by atoms with E-state index in [0.29, 0.717) is 11.4 Å². The lowest BCUT2D eigenvalue weighted by Crippen LogP contribution is -2.14. The van der Waals surface area contributed by atoms with E-state index in [4.69, 9.17) is 11.6 Å². The molecule has 0 bridgehead atoms. The number of hydrogen-bond acceptors (Lipinski definition) is 4. The van der Waals surface area contributed by atoms with Gasteiger partial charge in [-0.3, -0.25) is 9.52 Å². The van der Waals surface area contributed by atoms with E-state index in [2.05, 4.69) is 20.0 Å². The van der Waals surface area contributed by atoms with Crippen molar-refractivity contribution in [2.75, 3.05) is 16.3 Å². The van der Waals surface area contributed by atoms with E-state index in [0.717, 1.165) is 11.8 Å². The molecule has 2 aromatic carbocycles. The van der Waals surface area contributed by atoms with E-state index < -0.39 is 15.9 Å². The number of halogens is 1. The van der Waals surface area contributed by atoms with Gasteiger partial charge in [0.05, 0.1) is 17.6 Å². The van der Waals surface area contributed by atoms with Gasteiger partial charge >= 0.3 is 0 Å². The molecule has 1 amide bonds. The zero-order chi connectivity index (χ0) is 18.7. The standard InChI is InChI=1S/C17H15ClN4O3S/c1-26(24,25)22-14-8-12(18)7-13(9-14)20-17(23)16-19-10-15(21-16)11-5-3-2-4-6-11/h2-10,22H,1H3,(H,19,21)(H,20,23). The quantitative estimate of drug-likeness (QED) is 0.621. The number of H-pyrrole nitrogens is 1. The number of imidazole rings is 1. The van der Waals surface area contributed by atoms with Crippen LogP contribution in [0.3, 0.4) is 0 Å². The van der Waals surface area contributed by atoms with Crippen molar-refractivity contribution in [2.45, 2.75) is 0 Å². The number of benzene rings is 2. The van der Waals surface area contributed by atoms with Crippen molar-refractivity contribution in [1.82, 2.24) is 9.97 Å². The molecule has 3 N–H and O–H groups in total. The fourth-order valence-electron chi connectivity index (χ4n) is 2.32. The van der Waals surface area contributed by atoms with Crippen LogP contribution in [0.15, 0.2) is 54.7 Å². The lowest BCUT2D eigenvalue weighted by molar-refractivity contribution is 0.101. The minimum absolute atomic E-state index is 0.126. The Labute approximate surface area is 155 Å². The molecular formula is C17H15ClN4O3S. The molecule has 0 saturated heterocycles. The van der Waals surface area contributed by atoms with Crippen molar-refractivity contribution in [1.29, 1.82) is 0 Å². The van der Waals surface area contributed by atoms with E-state index in [1.165, 1.54) is 18.2 Å². The summed E-state index contributed by atoms with van der Waals surface area (Å²) in [5, 5.41) is 2.91. The van der Waals surface area contributed by atoms with E-state index >= 15 is 0 Å². The van der Waals surface area contributed by atoms with Crippen molar-refractivity contribution in [3.8, 4) is 11.3 Å². The van der Waals surface area contributed by atoms with Crippen molar-refractivity contribution in [3.05, 3.63) is 65.6 Å². The number of rotatable bonds is 5. The molecule has 9 heteroatoms. The van der Waals surface area contributed by atoms with E-state index in [1.54, 1.807) is 6.20 Å². The molecule has 0 spiro atoms. The van der Waals surface area contributed by atoms with E-state index in [1.807, 2.05) is 30.3 Å². The summed E-state index contributed by atoms with van der Waals surface area (Å²) in [7, 11) is -3.46. The Morgan fingerprint density at radius 3 is 2.50 bits per heavy atom. The van der Waals surface area contributed by atoms with Gasteiger partial charge in [-0.15, -0.1) is 0 Å². The molecule has 0 saturated carbocycles. The molecule has 0 aliphatic rings. The van der Waals surface area contributed by atoms with Crippen LogP contribution in [0, 0.1) is 0 Å². The van der Waals surface area contributed by atoms with Gasteiger partial charge in [0, 0.05) is 22.5 Å². The average molecular weight is 391 g/mol. The number of nitrogens with one attached hydrogen (secondary N) is 3. The number of carbonyl (C=O) groups is 1. The predicted molar refractivity (Wildman–Crippen MR) is 102 cm³/mol. The Balaban J connectivity index is 1.79. The van der Waals surface area contributed by atoms with Crippen LogP contribution in [0.5, 0.6) is 0 Å². The van der Waals surface area contributed by atoms with E-state index in [9.17, 15) is 13.2 Å². The lowest BCUT2D eigenvalue weighted by atomic mass is 10.2. The Hall–Kier alpha value is -2.84. The van der Waals surface area contributed by atoms with Crippen molar-refractivity contribution in [3.63, 3.8) is 0 Å². The maximum Gasteiger partial charge on any atom is 0.291 e. The van der Waals surface area contributed by atoms with Crippen LogP contribution in [0.25, 0.3) is 11.3 Å². The maximum atomic E-state index is 12.4. The highest BCUT2D eigenvalue weighted by Crippen LogP contribution is 2.24. The van der Waals surface area contributed by atoms with Crippen molar-refractivity contribution >= 4 is 38.9 Å². The first-order valence-corrected chi connectivity index (χ1v) is 9.78. The second-order valence-corrected chi connectivity index (χ2v) is 7.74. The number of amides is 1. The Morgan fingerprint density at radius 2 is 1.81 bits per heavy atom. The van der Waals surface area contributed by atoms with Crippen LogP contribution in [-0.4, -0.2) is 30.5 Å². The minimum Gasteiger partial charge on any atom is -0.340 e. The van der Waals surface area contributed by atoms with Crippen LogP contribution in [0.1, 0.15) is 10.6 Å². The van der Waals surface area contributed by atoms with Crippen molar-refractivity contribution in [2.24, 2.45) is 0 Å². The Kier molecular flexibility index (Phi) is 4.97. The summed E-state index contributed by atoms with van der Waals surface area (Å²) in [5.41, 5.74) is 2.11. The summed E-state index contributed by atoms with van der Waals surface area (Å²) in [5.74, 6) is -0.346. The zero-order valence-corrected chi connectivity index (χ0v) is 15.2. The Bertz CT molecular complexity index is 1050. The van der Waals surface area contributed by atoms with Crippen LogP contribution in [0.2, 0.25) is 5.02 Å². The molecule has 0 atom stereocenters. The molecule has 1 aromatic heterocycles. The molecule has 7 nitrogen and oxygen atoms in total. The lowest BCUT2D eigenvalue weighted by Gasteiger charge is -2.08. The highest BCUT2D eigenvalue weighted by atomic mass is 35.5. The predicted octanol–water partition coefficient (Wildman–Crippen LogP) is 3.35. The zero-order valence-electron chi connectivity index (χ0n) is 13.7. The van der Waals surface area contributed by atoms with Crippen LogP contribution >= 0.6 is 11.6 Å². The van der Waals surface area contributed by atoms with Gasteiger partial charge in [0.15, 0.2) is 5.82 Å². The summed E-state index contributed by atoms with van der Waals surface area (Å²) in [6.45, 7) is 0. The number of hydrogen-bond donors (Lipinski definition) is 3. The SMILES string of the molecule is CS(=O)(=O)Nc1cc(Cl)cc(NC(=O)c2nc(-c3ccccc3)c[nH]2)c1. The summed E-state index contributed by atoms with van der Waals surface area (Å²) < 4.78 is 25.0. The third kappa shape index (κ3) is 4.62. The molecule has 0 unspecified atom stereocenters.